The van der Waals surface area contributed by atoms with E-state index in [1.165, 1.54) is 0 Å². The summed E-state index contributed by atoms with van der Waals surface area (Å²) in [5.74, 6) is -3.95. The Morgan fingerprint density at radius 2 is 2.00 bits per heavy atom. The van der Waals surface area contributed by atoms with E-state index < -0.39 is 40.1 Å². The number of amides is 1. The number of nitrogens with zero attached hydrogens (tertiary/aromatic N) is 1. The Hall–Kier alpha value is -2.51. The molecule has 0 heterocycles. The average molecular weight is 296 g/mol. The topological polar surface area (TPSA) is 110 Å². The number of nitro groups is 1. The van der Waals surface area contributed by atoms with Crippen molar-refractivity contribution in [3.63, 3.8) is 0 Å². The maximum absolute atomic E-state index is 13.0. The van der Waals surface area contributed by atoms with E-state index in [4.69, 9.17) is 5.11 Å². The first-order chi connectivity index (χ1) is 9.90. The Labute approximate surface area is 118 Å². The van der Waals surface area contributed by atoms with Gasteiger partial charge in [0, 0.05) is 0 Å². The number of carbonyl (C=O) groups excluding carboxylic acids is 1. The van der Waals surface area contributed by atoms with Gasteiger partial charge in [-0.3, -0.25) is 19.7 Å². The lowest BCUT2D eigenvalue weighted by Crippen LogP contribution is -2.30. The van der Waals surface area contributed by atoms with Crippen molar-refractivity contribution >= 4 is 23.3 Å². The van der Waals surface area contributed by atoms with E-state index >= 15 is 0 Å². The van der Waals surface area contributed by atoms with Crippen LogP contribution in [-0.4, -0.2) is 21.9 Å². The number of carbonyl (C=O) groups is 2. The summed E-state index contributed by atoms with van der Waals surface area (Å²) >= 11 is 0. The molecule has 1 fully saturated rings. The molecule has 1 aromatic rings. The molecular formula is C13H13FN2O5. The van der Waals surface area contributed by atoms with Crippen LogP contribution in [0.25, 0.3) is 0 Å². The Balaban J connectivity index is 2.20. The number of hydrogen-bond donors (Lipinski definition) is 2. The summed E-state index contributed by atoms with van der Waals surface area (Å²) in [5, 5.41) is 22.2. The molecule has 0 aromatic heterocycles. The first-order valence-electron chi connectivity index (χ1n) is 6.37. The molecule has 2 unspecified atom stereocenters. The van der Waals surface area contributed by atoms with Gasteiger partial charge in [0.15, 0.2) is 0 Å². The first kappa shape index (κ1) is 14.9. The third-order valence-corrected chi connectivity index (χ3v) is 3.58. The Kier molecular flexibility index (Phi) is 4.15. The molecule has 1 saturated carbocycles. The summed E-state index contributed by atoms with van der Waals surface area (Å²) in [4.78, 5) is 33.2. The highest BCUT2D eigenvalue weighted by molar-refractivity contribution is 5.97. The molecule has 1 aliphatic rings. The van der Waals surface area contributed by atoms with Gasteiger partial charge in [0.05, 0.1) is 22.8 Å². The molecule has 7 nitrogen and oxygen atoms in total. The summed E-state index contributed by atoms with van der Waals surface area (Å²) in [5.41, 5.74) is -0.698. The van der Waals surface area contributed by atoms with E-state index in [2.05, 4.69) is 5.32 Å². The van der Waals surface area contributed by atoms with Crippen LogP contribution in [0, 0.1) is 27.8 Å². The zero-order chi connectivity index (χ0) is 15.6. The standard InChI is InChI=1S/C13H13FN2O5/c14-7-4-5-10(11(6-7)16(20)21)15-12(17)8-2-1-3-9(8)13(18)19/h4-6,8-9H,1-3H2,(H,15,17)(H,18,19). The van der Waals surface area contributed by atoms with Gasteiger partial charge in [0.1, 0.15) is 11.5 Å². The highest BCUT2D eigenvalue weighted by Gasteiger charge is 2.38. The lowest BCUT2D eigenvalue weighted by Gasteiger charge is -2.15. The van der Waals surface area contributed by atoms with Crippen molar-refractivity contribution in [3.05, 3.63) is 34.1 Å². The van der Waals surface area contributed by atoms with Crippen molar-refractivity contribution < 1.29 is 24.0 Å². The molecular weight excluding hydrogens is 283 g/mol. The van der Waals surface area contributed by atoms with Gasteiger partial charge in [-0.15, -0.1) is 0 Å². The third kappa shape index (κ3) is 3.15. The maximum Gasteiger partial charge on any atom is 0.307 e. The van der Waals surface area contributed by atoms with Crippen LogP contribution >= 0.6 is 0 Å². The molecule has 2 rings (SSSR count). The van der Waals surface area contributed by atoms with Crippen LogP contribution in [0.4, 0.5) is 15.8 Å². The molecule has 21 heavy (non-hydrogen) atoms. The molecule has 0 radical (unpaired) electrons. The summed E-state index contributed by atoms with van der Waals surface area (Å²) in [6.07, 6.45) is 1.43. The minimum absolute atomic E-state index is 0.137. The molecule has 2 N–H and O–H groups in total. The number of anilines is 1. The number of nitro benzene ring substituents is 1. The van der Waals surface area contributed by atoms with Crippen molar-refractivity contribution in [2.24, 2.45) is 11.8 Å². The monoisotopic (exact) mass is 296 g/mol. The average Bonchev–Trinajstić information content (AvgIpc) is 2.90. The van der Waals surface area contributed by atoms with Crippen LogP contribution in [0.1, 0.15) is 19.3 Å². The second-order valence-corrected chi connectivity index (χ2v) is 4.89. The third-order valence-electron chi connectivity index (χ3n) is 3.58. The normalized spacial score (nSPS) is 21.0. The first-order valence-corrected chi connectivity index (χ1v) is 6.37. The van der Waals surface area contributed by atoms with Gasteiger partial charge in [-0.25, -0.2) is 4.39 Å². The number of carboxylic acid groups (broad SMARTS) is 1. The molecule has 0 aliphatic heterocycles. The van der Waals surface area contributed by atoms with Crippen LogP contribution in [0.5, 0.6) is 0 Å². The van der Waals surface area contributed by atoms with Crippen molar-refractivity contribution in [3.8, 4) is 0 Å². The molecule has 1 aliphatic carbocycles. The number of rotatable bonds is 4. The lowest BCUT2D eigenvalue weighted by molar-refractivity contribution is -0.384. The van der Waals surface area contributed by atoms with Crippen molar-refractivity contribution in [1.29, 1.82) is 0 Å². The van der Waals surface area contributed by atoms with E-state index in [0.717, 1.165) is 12.1 Å². The summed E-state index contributed by atoms with van der Waals surface area (Å²) in [7, 11) is 0. The summed E-state index contributed by atoms with van der Waals surface area (Å²) in [6, 6.07) is 2.79. The predicted octanol–water partition coefficient (Wildman–Crippen LogP) is 2.17. The minimum Gasteiger partial charge on any atom is -0.481 e. The quantitative estimate of drug-likeness (QED) is 0.653. The number of halogens is 1. The van der Waals surface area contributed by atoms with Gasteiger partial charge in [0.2, 0.25) is 5.91 Å². The number of benzene rings is 1. The van der Waals surface area contributed by atoms with Crippen LogP contribution < -0.4 is 5.32 Å². The smallest absolute Gasteiger partial charge is 0.307 e. The van der Waals surface area contributed by atoms with Crippen molar-refractivity contribution in [2.45, 2.75) is 19.3 Å². The number of aliphatic carboxylic acids is 1. The van der Waals surface area contributed by atoms with Gasteiger partial charge in [0.25, 0.3) is 5.69 Å². The second kappa shape index (κ2) is 5.86. The fraction of sp³-hybridized carbons (Fsp3) is 0.385. The van der Waals surface area contributed by atoms with Crippen LogP contribution in [0.3, 0.4) is 0 Å². The fourth-order valence-electron chi connectivity index (χ4n) is 2.56. The predicted molar refractivity (Wildman–Crippen MR) is 70.2 cm³/mol. The van der Waals surface area contributed by atoms with Crippen molar-refractivity contribution in [1.82, 2.24) is 0 Å². The molecule has 0 saturated heterocycles. The zero-order valence-electron chi connectivity index (χ0n) is 10.9. The lowest BCUT2D eigenvalue weighted by atomic mass is 9.95. The minimum atomic E-state index is -1.05. The van der Waals surface area contributed by atoms with Gasteiger partial charge in [-0.1, -0.05) is 6.42 Å². The van der Waals surface area contributed by atoms with Crippen LogP contribution in [0.15, 0.2) is 18.2 Å². The second-order valence-electron chi connectivity index (χ2n) is 4.89. The van der Waals surface area contributed by atoms with Gasteiger partial charge in [-0.05, 0) is 25.0 Å². The molecule has 0 bridgehead atoms. The molecule has 1 amide bonds. The van der Waals surface area contributed by atoms with Gasteiger partial charge in [-0.2, -0.15) is 0 Å². The van der Waals surface area contributed by atoms with Crippen LogP contribution in [-0.2, 0) is 9.59 Å². The van der Waals surface area contributed by atoms with Gasteiger partial charge < -0.3 is 10.4 Å². The largest absolute Gasteiger partial charge is 0.481 e. The molecule has 8 heteroatoms. The van der Waals surface area contributed by atoms with Gasteiger partial charge >= 0.3 is 5.97 Å². The molecule has 0 spiro atoms. The zero-order valence-corrected chi connectivity index (χ0v) is 10.9. The molecule has 112 valence electrons. The van der Waals surface area contributed by atoms with E-state index in [9.17, 15) is 24.1 Å². The molecule has 2 atom stereocenters. The Morgan fingerprint density at radius 1 is 1.33 bits per heavy atom. The van der Waals surface area contributed by atoms with E-state index in [0.29, 0.717) is 25.3 Å². The Morgan fingerprint density at radius 3 is 2.62 bits per heavy atom. The molecule has 1 aromatic carbocycles. The SMILES string of the molecule is O=C(O)C1CCCC1C(=O)Nc1ccc(F)cc1[N+](=O)[O-]. The highest BCUT2D eigenvalue weighted by atomic mass is 19.1. The van der Waals surface area contributed by atoms with E-state index in [-0.39, 0.29) is 5.69 Å². The highest BCUT2D eigenvalue weighted by Crippen LogP contribution is 2.34. The summed E-state index contributed by atoms with van der Waals surface area (Å²) in [6.45, 7) is 0. The van der Waals surface area contributed by atoms with Crippen LogP contribution in [0.2, 0.25) is 0 Å². The fourth-order valence-corrected chi connectivity index (χ4v) is 2.56. The van der Waals surface area contributed by atoms with E-state index in [1.54, 1.807) is 0 Å². The van der Waals surface area contributed by atoms with Crippen molar-refractivity contribution in [2.75, 3.05) is 5.32 Å². The number of hydrogen-bond acceptors (Lipinski definition) is 4. The maximum atomic E-state index is 13.0. The summed E-state index contributed by atoms with van der Waals surface area (Å²) < 4.78 is 13.0. The number of nitrogens with one attached hydrogen (secondary N) is 1. The van der Waals surface area contributed by atoms with E-state index in [1.807, 2.05) is 0 Å². The number of carboxylic acids is 1. The Bertz CT molecular complexity index is 604.